The molecule has 0 aliphatic heterocycles. The van der Waals surface area contributed by atoms with Crippen molar-refractivity contribution >= 4 is 11.6 Å². The molecule has 2 N–H and O–H groups in total. The van der Waals surface area contributed by atoms with Gasteiger partial charge in [-0.15, -0.1) is 0 Å². The largest absolute Gasteiger partial charge is 0.393 e. The molecule has 0 saturated heterocycles. The molecule has 27 heavy (non-hydrogen) atoms. The number of hydrogen-bond donors (Lipinski definition) is 2. The number of Topliss-reactive ketones (excluding diaryl/α,β-unsaturated/α-hetero) is 1. The molecule has 0 aromatic heterocycles. The van der Waals surface area contributed by atoms with Gasteiger partial charge in [0.15, 0.2) is 18.2 Å². The summed E-state index contributed by atoms with van der Waals surface area (Å²) in [5.74, 6) is -0.0475. The zero-order chi connectivity index (χ0) is 19.8. The molecule has 150 valence electrons. The summed E-state index contributed by atoms with van der Waals surface area (Å²) < 4.78 is 13.2. The molecule has 4 nitrogen and oxygen atoms in total. The smallest absolute Gasteiger partial charge is 0.195 e. The predicted octanol–water partition coefficient (Wildman–Crippen LogP) is 3.00. The quantitative estimate of drug-likeness (QED) is 0.775. The number of fused-ring (bicyclic) bond motifs is 5. The van der Waals surface area contributed by atoms with E-state index in [1.54, 1.807) is 0 Å². The Labute approximate surface area is 160 Å². The van der Waals surface area contributed by atoms with Gasteiger partial charge >= 0.3 is 0 Å². The van der Waals surface area contributed by atoms with Crippen LogP contribution in [0.25, 0.3) is 0 Å². The fourth-order valence-electron chi connectivity index (χ4n) is 7.69. The van der Waals surface area contributed by atoms with Gasteiger partial charge in [-0.2, -0.15) is 0 Å². The van der Waals surface area contributed by atoms with Crippen LogP contribution in [0.3, 0.4) is 0 Å². The predicted molar refractivity (Wildman–Crippen MR) is 98.6 cm³/mol. The summed E-state index contributed by atoms with van der Waals surface area (Å²) in [6.45, 7) is 5.04. The minimum Gasteiger partial charge on any atom is -0.393 e. The second-order valence-electron chi connectivity index (χ2n) is 10.1. The molecule has 0 unspecified atom stereocenters. The topological polar surface area (TPSA) is 74.6 Å². The van der Waals surface area contributed by atoms with Gasteiger partial charge in [0, 0.05) is 11.8 Å². The number of rotatable bonds is 2. The van der Waals surface area contributed by atoms with Crippen LogP contribution in [0.4, 0.5) is 4.39 Å². The minimum atomic E-state index is -1.68. The molecule has 0 amide bonds. The van der Waals surface area contributed by atoms with Crippen molar-refractivity contribution in [2.24, 2.45) is 34.5 Å². The lowest BCUT2D eigenvalue weighted by atomic mass is 9.44. The van der Waals surface area contributed by atoms with Crippen molar-refractivity contribution in [1.29, 1.82) is 0 Å². The molecule has 0 aromatic carbocycles. The van der Waals surface area contributed by atoms with E-state index in [9.17, 15) is 24.2 Å². The van der Waals surface area contributed by atoms with Crippen LogP contribution in [0, 0.1) is 34.5 Å². The van der Waals surface area contributed by atoms with Gasteiger partial charge in [-0.25, -0.2) is 4.39 Å². The van der Waals surface area contributed by atoms with Crippen LogP contribution in [0.1, 0.15) is 59.3 Å². The van der Waals surface area contributed by atoms with Crippen LogP contribution >= 0.6 is 0 Å². The number of ketones is 2. The van der Waals surface area contributed by atoms with E-state index in [1.807, 2.05) is 13.0 Å². The third-order valence-electron chi connectivity index (χ3n) is 8.95. The molecular weight excluding hydrogens is 347 g/mol. The van der Waals surface area contributed by atoms with Crippen LogP contribution in [0.15, 0.2) is 11.6 Å². The van der Waals surface area contributed by atoms with E-state index in [0.717, 1.165) is 18.4 Å². The summed E-state index contributed by atoms with van der Waals surface area (Å²) in [7, 11) is 0. The summed E-state index contributed by atoms with van der Waals surface area (Å²) in [6.07, 6.45) is 4.52. The number of carbonyl (C=O) groups is 2. The SMILES string of the molecule is C[C@H]1C[C@@H]2[C@H]([C@@H](O)C[C@@]3(C)[C@H]2CC[C@@]3(O)C(=O)CF)[C@@]2(C)CCC(=O)C=C12. The highest BCUT2D eigenvalue weighted by Gasteiger charge is 2.68. The maximum absolute atomic E-state index is 13.2. The van der Waals surface area contributed by atoms with Gasteiger partial charge in [0.25, 0.3) is 0 Å². The Morgan fingerprint density at radius 1 is 1.33 bits per heavy atom. The Morgan fingerprint density at radius 2 is 2.04 bits per heavy atom. The van der Waals surface area contributed by atoms with Gasteiger partial charge in [0.05, 0.1) is 6.10 Å². The summed E-state index contributed by atoms with van der Waals surface area (Å²) in [5.41, 5.74) is -1.53. The van der Waals surface area contributed by atoms with Crippen LogP contribution in [0.2, 0.25) is 0 Å². The molecule has 3 saturated carbocycles. The van der Waals surface area contributed by atoms with E-state index in [0.29, 0.717) is 19.3 Å². The standard InChI is InChI=1S/C22H31FO4/c1-12-8-14-15-5-7-22(27,18(26)11-23)21(15,3)10-17(25)19(14)20(2)6-4-13(24)9-16(12)20/h9,12,14-15,17,19,25,27H,4-8,10-11H2,1-3H3/t12-,14-,15-,17-,19+,20-,21-,22+/m0/s1. The molecule has 3 fully saturated rings. The second kappa shape index (κ2) is 5.96. The van der Waals surface area contributed by atoms with Gasteiger partial charge in [0.1, 0.15) is 5.60 Å². The maximum atomic E-state index is 13.2. The molecule has 0 bridgehead atoms. The highest BCUT2D eigenvalue weighted by atomic mass is 19.1. The fourth-order valence-corrected chi connectivity index (χ4v) is 7.69. The first-order valence-electron chi connectivity index (χ1n) is 10.3. The molecule has 0 aromatic rings. The highest BCUT2D eigenvalue weighted by Crippen LogP contribution is 2.68. The number of carbonyl (C=O) groups excluding carboxylic acids is 2. The third kappa shape index (κ3) is 2.33. The minimum absolute atomic E-state index is 0.0222. The molecule has 0 radical (unpaired) electrons. The number of allylic oxidation sites excluding steroid dienone is 1. The van der Waals surface area contributed by atoms with Crippen LogP contribution in [-0.2, 0) is 9.59 Å². The number of aliphatic hydroxyl groups excluding tert-OH is 1. The molecule has 8 atom stereocenters. The Kier molecular flexibility index (Phi) is 4.25. The van der Waals surface area contributed by atoms with E-state index >= 15 is 0 Å². The van der Waals surface area contributed by atoms with E-state index < -0.39 is 29.6 Å². The van der Waals surface area contributed by atoms with Crippen molar-refractivity contribution in [2.75, 3.05) is 6.67 Å². The number of alkyl halides is 1. The average Bonchev–Trinajstić information content (AvgIpc) is 2.87. The number of hydrogen-bond acceptors (Lipinski definition) is 4. The van der Waals surface area contributed by atoms with Crippen molar-refractivity contribution in [3.63, 3.8) is 0 Å². The summed E-state index contributed by atoms with van der Waals surface area (Å²) in [5, 5.41) is 22.4. The molecule has 4 aliphatic rings. The zero-order valence-electron chi connectivity index (χ0n) is 16.5. The fraction of sp³-hybridized carbons (Fsp3) is 0.818. The lowest BCUT2D eigenvalue weighted by Crippen LogP contribution is -2.62. The zero-order valence-corrected chi connectivity index (χ0v) is 16.5. The lowest BCUT2D eigenvalue weighted by Gasteiger charge is -2.61. The Morgan fingerprint density at radius 3 is 2.70 bits per heavy atom. The van der Waals surface area contributed by atoms with E-state index in [4.69, 9.17) is 0 Å². The van der Waals surface area contributed by atoms with E-state index in [2.05, 4.69) is 13.8 Å². The van der Waals surface area contributed by atoms with Crippen molar-refractivity contribution in [3.8, 4) is 0 Å². The van der Waals surface area contributed by atoms with Crippen molar-refractivity contribution in [2.45, 2.75) is 71.0 Å². The molecule has 4 rings (SSSR count). The van der Waals surface area contributed by atoms with Crippen LogP contribution in [-0.4, -0.2) is 40.2 Å². The Balaban J connectivity index is 1.77. The van der Waals surface area contributed by atoms with Crippen molar-refractivity contribution < 1.29 is 24.2 Å². The average molecular weight is 378 g/mol. The normalized spacial score (nSPS) is 51.9. The Bertz CT molecular complexity index is 717. The lowest BCUT2D eigenvalue weighted by molar-refractivity contribution is -0.183. The molecular formula is C22H31FO4. The maximum Gasteiger partial charge on any atom is 0.195 e. The Hall–Kier alpha value is -1.07. The van der Waals surface area contributed by atoms with Gasteiger partial charge < -0.3 is 10.2 Å². The summed E-state index contributed by atoms with van der Waals surface area (Å²) in [6, 6.07) is 0. The van der Waals surface area contributed by atoms with E-state index in [1.165, 1.54) is 0 Å². The first kappa shape index (κ1) is 19.3. The van der Waals surface area contributed by atoms with Gasteiger partial charge in [-0.05, 0) is 67.3 Å². The molecule has 0 heterocycles. The first-order chi connectivity index (χ1) is 12.6. The first-order valence-corrected chi connectivity index (χ1v) is 10.3. The summed E-state index contributed by atoms with van der Waals surface area (Å²) in [4.78, 5) is 24.3. The van der Waals surface area contributed by atoms with Crippen LogP contribution in [0.5, 0.6) is 0 Å². The van der Waals surface area contributed by atoms with E-state index in [-0.39, 0.29) is 41.3 Å². The highest BCUT2D eigenvalue weighted by molar-refractivity contribution is 5.92. The second-order valence-corrected chi connectivity index (χ2v) is 10.1. The van der Waals surface area contributed by atoms with Gasteiger partial charge in [-0.1, -0.05) is 26.3 Å². The molecule has 5 heteroatoms. The van der Waals surface area contributed by atoms with Crippen LogP contribution < -0.4 is 0 Å². The molecule has 0 spiro atoms. The molecule has 4 aliphatic carbocycles. The number of halogens is 1. The number of aliphatic hydroxyl groups is 2. The van der Waals surface area contributed by atoms with Crippen molar-refractivity contribution in [3.05, 3.63) is 11.6 Å². The third-order valence-corrected chi connectivity index (χ3v) is 8.95. The summed E-state index contributed by atoms with van der Waals surface area (Å²) >= 11 is 0. The monoisotopic (exact) mass is 378 g/mol. The van der Waals surface area contributed by atoms with Gasteiger partial charge in [-0.3, -0.25) is 9.59 Å². The van der Waals surface area contributed by atoms with Crippen molar-refractivity contribution in [1.82, 2.24) is 0 Å². The van der Waals surface area contributed by atoms with Gasteiger partial charge in [0.2, 0.25) is 0 Å².